The van der Waals surface area contributed by atoms with Crippen molar-refractivity contribution in [3.8, 4) is 0 Å². The number of amides is 2. The number of benzene rings is 1. The maximum Gasteiger partial charge on any atom is 0.326 e. The van der Waals surface area contributed by atoms with Crippen molar-refractivity contribution < 1.29 is 19.5 Å². The molecule has 0 radical (unpaired) electrons. The van der Waals surface area contributed by atoms with Gasteiger partial charge in [-0.15, -0.1) is 0 Å². The largest absolute Gasteiger partial charge is 0.480 e. The van der Waals surface area contributed by atoms with Gasteiger partial charge < -0.3 is 14.9 Å². The summed E-state index contributed by atoms with van der Waals surface area (Å²) in [4.78, 5) is 38.6. The van der Waals surface area contributed by atoms with Crippen LogP contribution < -0.4 is 0 Å². The van der Waals surface area contributed by atoms with Gasteiger partial charge in [0.2, 0.25) is 11.8 Å². The topological polar surface area (TPSA) is 77.9 Å². The van der Waals surface area contributed by atoms with E-state index in [0.717, 1.165) is 5.56 Å². The predicted molar refractivity (Wildman–Crippen MR) is 84.9 cm³/mol. The fraction of sp³-hybridized carbons (Fsp3) is 0.438. The fourth-order valence-electron chi connectivity index (χ4n) is 2.86. The number of likely N-dealkylation sites (N-methyl/N-ethyl adjacent to an activating group) is 1. The summed E-state index contributed by atoms with van der Waals surface area (Å²) >= 11 is 6.01. The van der Waals surface area contributed by atoms with Crippen molar-refractivity contribution in [2.45, 2.75) is 25.4 Å². The zero-order valence-electron chi connectivity index (χ0n) is 13.2. The zero-order valence-corrected chi connectivity index (χ0v) is 13.9. The maximum absolute atomic E-state index is 12.7. The van der Waals surface area contributed by atoms with Gasteiger partial charge in [0.05, 0.1) is 12.0 Å². The van der Waals surface area contributed by atoms with Crippen LogP contribution in [-0.4, -0.2) is 52.8 Å². The van der Waals surface area contributed by atoms with E-state index in [4.69, 9.17) is 16.7 Å². The van der Waals surface area contributed by atoms with E-state index in [1.807, 2.05) is 6.07 Å². The highest BCUT2D eigenvalue weighted by Gasteiger charge is 2.44. The summed E-state index contributed by atoms with van der Waals surface area (Å²) in [5.41, 5.74) is 0.764. The van der Waals surface area contributed by atoms with Crippen LogP contribution in [0.2, 0.25) is 5.02 Å². The molecule has 0 aliphatic carbocycles. The van der Waals surface area contributed by atoms with Crippen LogP contribution in [0.25, 0.3) is 0 Å². The van der Waals surface area contributed by atoms with Gasteiger partial charge in [-0.25, -0.2) is 4.79 Å². The molecule has 1 aliphatic heterocycles. The molecule has 1 aromatic carbocycles. The molecule has 1 heterocycles. The fourth-order valence-corrected chi connectivity index (χ4v) is 3.05. The molecular formula is C16H19ClN2O4. The lowest BCUT2D eigenvalue weighted by Gasteiger charge is -2.29. The smallest absolute Gasteiger partial charge is 0.326 e. The first-order valence-corrected chi connectivity index (χ1v) is 7.62. The predicted octanol–water partition coefficient (Wildman–Crippen LogP) is 1.79. The number of halogens is 1. The lowest BCUT2D eigenvalue weighted by molar-refractivity contribution is -0.150. The van der Waals surface area contributed by atoms with Gasteiger partial charge >= 0.3 is 5.97 Å². The quantitative estimate of drug-likeness (QED) is 0.908. The second-order valence-electron chi connectivity index (χ2n) is 5.78. The third kappa shape index (κ3) is 3.32. The minimum Gasteiger partial charge on any atom is -0.480 e. The minimum atomic E-state index is -1.09. The lowest BCUT2D eigenvalue weighted by Crippen LogP contribution is -2.44. The van der Waals surface area contributed by atoms with Crippen molar-refractivity contribution in [1.82, 2.24) is 9.80 Å². The Morgan fingerprint density at radius 3 is 2.65 bits per heavy atom. The molecule has 0 aromatic heterocycles. The molecule has 0 saturated carbocycles. The number of hydrogen-bond acceptors (Lipinski definition) is 3. The monoisotopic (exact) mass is 338 g/mol. The third-order valence-electron chi connectivity index (χ3n) is 4.38. The molecule has 1 fully saturated rings. The molecule has 0 spiro atoms. The Bertz CT molecular complexity index is 649. The Morgan fingerprint density at radius 1 is 1.43 bits per heavy atom. The maximum atomic E-state index is 12.7. The molecule has 2 rings (SSSR count). The summed E-state index contributed by atoms with van der Waals surface area (Å²) in [7, 11) is 3.08. The number of rotatable bonds is 4. The summed E-state index contributed by atoms with van der Waals surface area (Å²) < 4.78 is 0. The standard InChI is InChI=1S/C16H19ClN2O4/c1-9(16(22)23)18(2)15(21)12-8-13(20)19(3)14(12)10-5-4-6-11(17)7-10/h4-7,9,12,14H,8H2,1-3H3,(H,22,23). The minimum absolute atomic E-state index is 0.0587. The van der Waals surface area contributed by atoms with Gasteiger partial charge in [0.15, 0.2) is 0 Å². The van der Waals surface area contributed by atoms with Crippen LogP contribution in [0.1, 0.15) is 24.9 Å². The molecule has 1 aliphatic rings. The van der Waals surface area contributed by atoms with E-state index >= 15 is 0 Å². The second kappa shape index (κ2) is 6.58. The zero-order chi connectivity index (χ0) is 17.3. The Balaban J connectivity index is 2.34. The van der Waals surface area contributed by atoms with Crippen molar-refractivity contribution in [1.29, 1.82) is 0 Å². The van der Waals surface area contributed by atoms with Gasteiger partial charge in [0.1, 0.15) is 6.04 Å². The number of carboxylic acid groups (broad SMARTS) is 1. The summed E-state index contributed by atoms with van der Waals surface area (Å²) in [6.45, 7) is 1.44. The van der Waals surface area contributed by atoms with Crippen molar-refractivity contribution in [2.24, 2.45) is 5.92 Å². The molecule has 6 nitrogen and oxygen atoms in total. The average Bonchev–Trinajstić information content (AvgIpc) is 2.80. The first-order valence-electron chi connectivity index (χ1n) is 7.24. The molecule has 7 heteroatoms. The van der Waals surface area contributed by atoms with Crippen LogP contribution in [0.4, 0.5) is 0 Å². The lowest BCUT2D eigenvalue weighted by atomic mass is 9.92. The van der Waals surface area contributed by atoms with E-state index in [1.165, 1.54) is 23.8 Å². The number of carbonyl (C=O) groups excluding carboxylic acids is 2. The van der Waals surface area contributed by atoms with E-state index in [2.05, 4.69) is 0 Å². The molecule has 2 amide bonds. The normalized spacial score (nSPS) is 22.1. The molecule has 3 unspecified atom stereocenters. The van der Waals surface area contributed by atoms with E-state index in [-0.39, 0.29) is 18.2 Å². The van der Waals surface area contributed by atoms with E-state index in [9.17, 15) is 14.4 Å². The number of nitrogens with zero attached hydrogens (tertiary/aromatic N) is 2. The molecule has 3 atom stereocenters. The number of hydrogen-bond donors (Lipinski definition) is 1. The molecule has 23 heavy (non-hydrogen) atoms. The van der Waals surface area contributed by atoms with Crippen LogP contribution >= 0.6 is 11.6 Å². The highest BCUT2D eigenvalue weighted by molar-refractivity contribution is 6.30. The summed E-state index contributed by atoms with van der Waals surface area (Å²) in [5.74, 6) is -2.22. The SMILES string of the molecule is CC(C(=O)O)N(C)C(=O)C1CC(=O)N(C)C1c1cccc(Cl)c1. The van der Waals surface area contributed by atoms with Gasteiger partial charge in [0, 0.05) is 25.5 Å². The number of carbonyl (C=O) groups is 3. The van der Waals surface area contributed by atoms with Gasteiger partial charge in [-0.2, -0.15) is 0 Å². The Hall–Kier alpha value is -2.08. The third-order valence-corrected chi connectivity index (χ3v) is 4.61. The van der Waals surface area contributed by atoms with Gasteiger partial charge in [-0.1, -0.05) is 23.7 Å². The molecule has 1 N–H and O–H groups in total. The van der Waals surface area contributed by atoms with Crippen molar-refractivity contribution >= 4 is 29.4 Å². The van der Waals surface area contributed by atoms with E-state index in [0.29, 0.717) is 5.02 Å². The van der Waals surface area contributed by atoms with E-state index in [1.54, 1.807) is 25.2 Å². The molecule has 0 bridgehead atoms. The van der Waals surface area contributed by atoms with Crippen LogP contribution in [0.5, 0.6) is 0 Å². The average molecular weight is 339 g/mol. The second-order valence-corrected chi connectivity index (χ2v) is 6.21. The molecule has 1 saturated heterocycles. The van der Waals surface area contributed by atoms with Crippen LogP contribution in [-0.2, 0) is 14.4 Å². The van der Waals surface area contributed by atoms with Crippen molar-refractivity contribution in [3.63, 3.8) is 0 Å². The number of aliphatic carboxylic acids is 1. The van der Waals surface area contributed by atoms with Crippen molar-refractivity contribution in [3.05, 3.63) is 34.9 Å². The number of likely N-dealkylation sites (tertiary alicyclic amines) is 1. The first kappa shape index (κ1) is 17.3. The van der Waals surface area contributed by atoms with Crippen LogP contribution in [0.15, 0.2) is 24.3 Å². The highest BCUT2D eigenvalue weighted by atomic mass is 35.5. The van der Waals surface area contributed by atoms with Crippen LogP contribution in [0, 0.1) is 5.92 Å². The summed E-state index contributed by atoms with van der Waals surface area (Å²) in [6.07, 6.45) is 0.0587. The molecule has 1 aromatic rings. The van der Waals surface area contributed by atoms with Gasteiger partial charge in [-0.05, 0) is 24.6 Å². The highest BCUT2D eigenvalue weighted by Crippen LogP contribution is 2.38. The Morgan fingerprint density at radius 2 is 2.09 bits per heavy atom. The summed E-state index contributed by atoms with van der Waals surface area (Å²) in [5, 5.41) is 9.60. The van der Waals surface area contributed by atoms with Crippen LogP contribution in [0.3, 0.4) is 0 Å². The van der Waals surface area contributed by atoms with Gasteiger partial charge in [0.25, 0.3) is 0 Å². The first-order chi connectivity index (χ1) is 10.7. The Labute approximate surface area is 139 Å². The summed E-state index contributed by atoms with van der Waals surface area (Å²) in [6, 6.07) is 5.62. The molecule has 124 valence electrons. The molecular weight excluding hydrogens is 320 g/mol. The number of carboxylic acids is 1. The Kier molecular flexibility index (Phi) is 4.94. The van der Waals surface area contributed by atoms with E-state index < -0.39 is 24.0 Å². The van der Waals surface area contributed by atoms with Gasteiger partial charge in [-0.3, -0.25) is 9.59 Å². The van der Waals surface area contributed by atoms with Crippen molar-refractivity contribution in [2.75, 3.05) is 14.1 Å².